The minimum atomic E-state index is -0.979. The Morgan fingerprint density at radius 1 is 1.18 bits per heavy atom. The highest BCUT2D eigenvalue weighted by Crippen LogP contribution is 2.20. The molecule has 0 spiro atoms. The SMILES string of the molecule is CC(C)=CCCC(C)=CCc1cc(O)ccc1C=CC(=O)O. The summed E-state index contributed by atoms with van der Waals surface area (Å²) in [7, 11) is 0. The van der Waals surface area contributed by atoms with Gasteiger partial charge in [0, 0.05) is 6.08 Å². The minimum absolute atomic E-state index is 0.193. The Labute approximate surface area is 132 Å². The summed E-state index contributed by atoms with van der Waals surface area (Å²) in [6, 6.07) is 4.98. The average Bonchev–Trinajstić information content (AvgIpc) is 2.43. The Bertz CT molecular complexity index is 603. The Morgan fingerprint density at radius 2 is 1.91 bits per heavy atom. The van der Waals surface area contributed by atoms with Crippen molar-refractivity contribution < 1.29 is 15.0 Å². The molecule has 3 nitrogen and oxygen atoms in total. The van der Waals surface area contributed by atoms with Crippen LogP contribution in [0.2, 0.25) is 0 Å². The van der Waals surface area contributed by atoms with E-state index in [9.17, 15) is 9.90 Å². The number of benzene rings is 1. The number of hydrogen-bond donors (Lipinski definition) is 2. The lowest BCUT2D eigenvalue weighted by atomic mass is 10.0. The number of carbonyl (C=O) groups is 1. The van der Waals surface area contributed by atoms with Crippen LogP contribution in [0.25, 0.3) is 6.08 Å². The first-order valence-corrected chi connectivity index (χ1v) is 7.40. The largest absolute Gasteiger partial charge is 0.508 e. The fraction of sp³-hybridized carbons (Fsp3) is 0.316. The van der Waals surface area contributed by atoms with E-state index >= 15 is 0 Å². The van der Waals surface area contributed by atoms with Crippen molar-refractivity contribution in [3.8, 4) is 5.75 Å². The van der Waals surface area contributed by atoms with Gasteiger partial charge in [-0.2, -0.15) is 0 Å². The summed E-state index contributed by atoms with van der Waals surface area (Å²) in [6.45, 7) is 6.27. The molecule has 0 saturated heterocycles. The molecule has 2 N–H and O–H groups in total. The van der Waals surface area contributed by atoms with Gasteiger partial charge >= 0.3 is 5.97 Å². The second-order valence-electron chi connectivity index (χ2n) is 5.63. The van der Waals surface area contributed by atoms with Gasteiger partial charge in [-0.3, -0.25) is 0 Å². The van der Waals surface area contributed by atoms with Crippen LogP contribution >= 0.6 is 0 Å². The molecule has 0 radical (unpaired) electrons. The molecule has 22 heavy (non-hydrogen) atoms. The predicted molar refractivity (Wildman–Crippen MR) is 90.9 cm³/mol. The number of phenolic OH excluding ortho intramolecular Hbond substituents is 1. The number of hydrogen-bond acceptors (Lipinski definition) is 2. The van der Waals surface area contributed by atoms with Gasteiger partial charge in [0.05, 0.1) is 0 Å². The van der Waals surface area contributed by atoms with Crippen LogP contribution in [0, 0.1) is 0 Å². The zero-order chi connectivity index (χ0) is 16.5. The van der Waals surface area contributed by atoms with E-state index in [0.29, 0.717) is 6.42 Å². The van der Waals surface area contributed by atoms with Crippen molar-refractivity contribution in [2.75, 3.05) is 0 Å². The van der Waals surface area contributed by atoms with Gasteiger partial charge in [-0.05, 0) is 69.4 Å². The van der Waals surface area contributed by atoms with Gasteiger partial charge in [-0.25, -0.2) is 4.79 Å². The molecule has 0 bridgehead atoms. The molecule has 1 aromatic carbocycles. The van der Waals surface area contributed by atoms with Gasteiger partial charge in [0.1, 0.15) is 5.75 Å². The second-order valence-corrected chi connectivity index (χ2v) is 5.63. The standard InChI is InChI=1S/C19H24O3/c1-14(2)5-4-6-15(3)7-8-17-13-18(20)11-9-16(17)10-12-19(21)22/h5,7,9-13,20H,4,6,8H2,1-3H3,(H,21,22). The zero-order valence-corrected chi connectivity index (χ0v) is 13.5. The molecular formula is C19H24O3. The number of aromatic hydroxyl groups is 1. The van der Waals surface area contributed by atoms with Gasteiger partial charge in [0.25, 0.3) is 0 Å². The molecule has 0 fully saturated rings. The number of aliphatic carboxylic acids is 1. The van der Waals surface area contributed by atoms with Crippen LogP contribution in [0.3, 0.4) is 0 Å². The highest BCUT2D eigenvalue weighted by atomic mass is 16.4. The Kier molecular flexibility index (Phi) is 7.17. The Hall–Kier alpha value is -2.29. The van der Waals surface area contributed by atoms with Crippen molar-refractivity contribution in [2.45, 2.75) is 40.0 Å². The summed E-state index contributed by atoms with van der Waals surface area (Å²) in [4.78, 5) is 10.6. The minimum Gasteiger partial charge on any atom is -0.508 e. The van der Waals surface area contributed by atoms with Crippen LogP contribution in [0.5, 0.6) is 5.75 Å². The van der Waals surface area contributed by atoms with Crippen molar-refractivity contribution >= 4 is 12.0 Å². The number of carboxylic acid groups (broad SMARTS) is 1. The van der Waals surface area contributed by atoms with E-state index in [1.807, 2.05) is 0 Å². The number of phenols is 1. The first kappa shape index (κ1) is 17.8. The molecule has 0 atom stereocenters. The molecule has 1 rings (SSSR count). The lowest BCUT2D eigenvalue weighted by Gasteiger charge is -2.06. The summed E-state index contributed by atoms with van der Waals surface area (Å²) < 4.78 is 0. The van der Waals surface area contributed by atoms with Gasteiger partial charge in [0.15, 0.2) is 0 Å². The van der Waals surface area contributed by atoms with E-state index < -0.39 is 5.97 Å². The van der Waals surface area contributed by atoms with E-state index in [2.05, 4.69) is 32.9 Å². The van der Waals surface area contributed by atoms with Crippen molar-refractivity contribution in [3.63, 3.8) is 0 Å². The van der Waals surface area contributed by atoms with E-state index in [4.69, 9.17) is 5.11 Å². The van der Waals surface area contributed by atoms with Crippen molar-refractivity contribution in [1.82, 2.24) is 0 Å². The highest BCUT2D eigenvalue weighted by molar-refractivity contribution is 5.85. The Morgan fingerprint density at radius 3 is 2.55 bits per heavy atom. The van der Waals surface area contributed by atoms with Gasteiger partial charge in [0.2, 0.25) is 0 Å². The summed E-state index contributed by atoms with van der Waals surface area (Å²) in [5.74, 6) is -0.787. The maximum Gasteiger partial charge on any atom is 0.328 e. The molecule has 0 saturated carbocycles. The first-order chi connectivity index (χ1) is 10.4. The maximum atomic E-state index is 10.6. The first-order valence-electron chi connectivity index (χ1n) is 7.40. The number of carboxylic acids is 1. The van der Waals surface area contributed by atoms with Gasteiger partial charge in [-0.1, -0.05) is 29.4 Å². The molecule has 0 unspecified atom stereocenters. The molecule has 3 heteroatoms. The van der Waals surface area contributed by atoms with Gasteiger partial charge in [-0.15, -0.1) is 0 Å². The summed E-state index contributed by atoms with van der Waals surface area (Å²) in [5.41, 5.74) is 4.34. The number of allylic oxidation sites excluding steroid dienone is 4. The van der Waals surface area contributed by atoms with Crippen LogP contribution in [0.1, 0.15) is 44.7 Å². The molecule has 1 aromatic rings. The maximum absolute atomic E-state index is 10.6. The molecule has 0 aromatic heterocycles. The second kappa shape index (κ2) is 8.88. The third-order valence-corrected chi connectivity index (χ3v) is 3.29. The average molecular weight is 300 g/mol. The van der Waals surface area contributed by atoms with E-state index in [1.54, 1.807) is 24.3 Å². The van der Waals surface area contributed by atoms with Crippen LogP contribution in [-0.2, 0) is 11.2 Å². The monoisotopic (exact) mass is 300 g/mol. The topological polar surface area (TPSA) is 57.5 Å². The van der Waals surface area contributed by atoms with Crippen molar-refractivity contribution in [2.24, 2.45) is 0 Å². The normalized spacial score (nSPS) is 11.7. The van der Waals surface area contributed by atoms with Crippen molar-refractivity contribution in [1.29, 1.82) is 0 Å². The molecule has 0 aliphatic heterocycles. The molecule has 0 aliphatic rings. The lowest BCUT2D eigenvalue weighted by Crippen LogP contribution is -1.91. The fourth-order valence-corrected chi connectivity index (χ4v) is 2.07. The van der Waals surface area contributed by atoms with E-state index in [0.717, 1.165) is 30.0 Å². The molecule has 0 amide bonds. The summed E-state index contributed by atoms with van der Waals surface area (Å²) >= 11 is 0. The smallest absolute Gasteiger partial charge is 0.328 e. The highest BCUT2D eigenvalue weighted by Gasteiger charge is 2.01. The summed E-state index contributed by atoms with van der Waals surface area (Å²) in [5, 5.41) is 18.3. The molecule has 0 aliphatic carbocycles. The van der Waals surface area contributed by atoms with Crippen LogP contribution in [0.4, 0.5) is 0 Å². The molecule has 0 heterocycles. The van der Waals surface area contributed by atoms with Crippen LogP contribution < -0.4 is 0 Å². The van der Waals surface area contributed by atoms with Crippen LogP contribution in [0.15, 0.2) is 47.6 Å². The van der Waals surface area contributed by atoms with E-state index in [-0.39, 0.29) is 5.75 Å². The Balaban J connectivity index is 2.81. The van der Waals surface area contributed by atoms with E-state index in [1.165, 1.54) is 11.1 Å². The molecule has 118 valence electrons. The third kappa shape index (κ3) is 6.93. The summed E-state index contributed by atoms with van der Waals surface area (Å²) in [6.07, 6.45) is 9.72. The lowest BCUT2D eigenvalue weighted by molar-refractivity contribution is -0.131. The fourth-order valence-electron chi connectivity index (χ4n) is 2.07. The van der Waals surface area contributed by atoms with Gasteiger partial charge < -0.3 is 10.2 Å². The number of rotatable bonds is 7. The predicted octanol–water partition coefficient (Wildman–Crippen LogP) is 4.73. The third-order valence-electron chi connectivity index (χ3n) is 3.29. The van der Waals surface area contributed by atoms with Crippen LogP contribution in [-0.4, -0.2) is 16.2 Å². The molecular weight excluding hydrogens is 276 g/mol. The zero-order valence-electron chi connectivity index (χ0n) is 13.5. The quantitative estimate of drug-likeness (QED) is 0.565. The van der Waals surface area contributed by atoms with Crippen molar-refractivity contribution in [3.05, 3.63) is 58.7 Å².